The Morgan fingerprint density at radius 1 is 1.28 bits per heavy atom. The number of carbonyl (C=O) groups excluding carboxylic acids is 3. The number of imide groups is 1. The van der Waals surface area contributed by atoms with Gasteiger partial charge in [0.1, 0.15) is 9.88 Å². The molecule has 2 aromatic rings. The first kappa shape index (κ1) is 20.8. The fourth-order valence-corrected chi connectivity index (χ4v) is 3.63. The van der Waals surface area contributed by atoms with Gasteiger partial charge in [-0.1, -0.05) is 12.1 Å². The number of aromatic nitrogens is 1. The Morgan fingerprint density at radius 3 is 2.48 bits per heavy atom. The van der Waals surface area contributed by atoms with Gasteiger partial charge in [0.2, 0.25) is 0 Å². The van der Waals surface area contributed by atoms with E-state index in [0.717, 1.165) is 28.4 Å². The molecule has 1 unspecified atom stereocenters. The Labute approximate surface area is 167 Å². The summed E-state index contributed by atoms with van der Waals surface area (Å²) < 4.78 is 43.2. The van der Waals surface area contributed by atoms with Crippen molar-refractivity contribution < 1.29 is 32.3 Å². The molecule has 3 rings (SSSR count). The Hall–Kier alpha value is -2.95. The molecule has 0 spiro atoms. The van der Waals surface area contributed by atoms with Gasteiger partial charge < -0.3 is 10.1 Å². The van der Waals surface area contributed by atoms with E-state index in [1.807, 2.05) is 0 Å². The topological polar surface area (TPSA) is 88.6 Å². The van der Waals surface area contributed by atoms with Crippen LogP contribution in [0.25, 0.3) is 10.6 Å². The third-order valence-corrected chi connectivity index (χ3v) is 5.38. The number of aryl methyl sites for hydroxylation is 1. The van der Waals surface area contributed by atoms with Gasteiger partial charge in [0, 0.05) is 18.7 Å². The van der Waals surface area contributed by atoms with Crippen molar-refractivity contribution in [2.24, 2.45) is 0 Å². The minimum atomic E-state index is -4.44. The molecule has 1 N–H and O–H groups in total. The van der Waals surface area contributed by atoms with Crippen LogP contribution in [0.1, 0.15) is 27.9 Å². The van der Waals surface area contributed by atoms with Crippen LogP contribution in [0, 0.1) is 6.92 Å². The van der Waals surface area contributed by atoms with Crippen LogP contribution in [0.2, 0.25) is 0 Å². The average molecular weight is 427 g/mol. The number of rotatable bonds is 4. The fourth-order valence-electron chi connectivity index (χ4n) is 2.68. The maximum atomic E-state index is 12.7. The lowest BCUT2D eigenvalue weighted by molar-refractivity contribution is -0.137. The van der Waals surface area contributed by atoms with Crippen molar-refractivity contribution >= 4 is 29.2 Å². The summed E-state index contributed by atoms with van der Waals surface area (Å²) in [7, 11) is 0. The number of carbonyl (C=O) groups is 3. The number of halogens is 3. The van der Waals surface area contributed by atoms with E-state index in [9.17, 15) is 27.6 Å². The third kappa shape index (κ3) is 4.39. The second-order valence-electron chi connectivity index (χ2n) is 6.28. The van der Waals surface area contributed by atoms with E-state index in [2.05, 4.69) is 10.3 Å². The number of nitrogens with zero attached hydrogens (tertiary/aromatic N) is 2. The molecule has 1 aliphatic heterocycles. The van der Waals surface area contributed by atoms with E-state index in [-0.39, 0.29) is 11.4 Å². The summed E-state index contributed by atoms with van der Waals surface area (Å²) in [6.45, 7) is 3.44. The number of benzene rings is 1. The predicted octanol–water partition coefficient (Wildman–Crippen LogP) is 3.23. The van der Waals surface area contributed by atoms with Crippen molar-refractivity contribution in [1.82, 2.24) is 15.2 Å². The molecule has 3 amide bonds. The summed E-state index contributed by atoms with van der Waals surface area (Å²) in [6.07, 6.45) is -5.62. The molecule has 0 saturated carbocycles. The summed E-state index contributed by atoms with van der Waals surface area (Å²) >= 11 is 0.949. The highest BCUT2D eigenvalue weighted by atomic mass is 32.1. The van der Waals surface area contributed by atoms with E-state index in [1.165, 1.54) is 19.1 Å². The van der Waals surface area contributed by atoms with Crippen LogP contribution in [-0.4, -0.2) is 47.0 Å². The Balaban J connectivity index is 1.73. The molecule has 1 saturated heterocycles. The van der Waals surface area contributed by atoms with Crippen molar-refractivity contribution in [3.05, 3.63) is 40.4 Å². The van der Waals surface area contributed by atoms with Crippen LogP contribution < -0.4 is 5.32 Å². The lowest BCUT2D eigenvalue weighted by atomic mass is 10.1. The Bertz CT molecular complexity index is 956. The van der Waals surface area contributed by atoms with E-state index >= 15 is 0 Å². The largest absolute Gasteiger partial charge is 0.448 e. The van der Waals surface area contributed by atoms with E-state index in [1.54, 1.807) is 6.92 Å². The number of thiazole rings is 1. The van der Waals surface area contributed by atoms with Crippen molar-refractivity contribution in [2.45, 2.75) is 26.1 Å². The summed E-state index contributed by atoms with van der Waals surface area (Å²) in [5.41, 5.74) is -0.0380. The molecule has 1 fully saturated rings. The standard InChI is InChI=1S/C18H16F3N3O4S/c1-9-13(16(26)28-10(2)15(25)24-8-7-22-17(24)27)29-14(23-9)11-3-5-12(6-4-11)18(19,20)21/h3-6,10H,7-8H2,1-2H3,(H,22,27). The molecule has 7 nitrogen and oxygen atoms in total. The monoisotopic (exact) mass is 427 g/mol. The normalized spacial score (nSPS) is 15.2. The minimum absolute atomic E-state index is 0.130. The van der Waals surface area contributed by atoms with Gasteiger partial charge >= 0.3 is 18.2 Å². The first-order chi connectivity index (χ1) is 13.6. The molecule has 154 valence electrons. The minimum Gasteiger partial charge on any atom is -0.448 e. The zero-order chi connectivity index (χ0) is 21.3. The van der Waals surface area contributed by atoms with Crippen molar-refractivity contribution in [1.29, 1.82) is 0 Å². The second-order valence-corrected chi connectivity index (χ2v) is 7.28. The molecule has 1 aromatic heterocycles. The summed E-state index contributed by atoms with van der Waals surface area (Å²) in [5.74, 6) is -1.43. The number of amides is 3. The van der Waals surface area contributed by atoms with E-state index < -0.39 is 35.8 Å². The zero-order valence-electron chi connectivity index (χ0n) is 15.4. The quantitative estimate of drug-likeness (QED) is 0.757. The Kier molecular flexibility index (Phi) is 5.60. The van der Waals surface area contributed by atoms with Gasteiger partial charge in [-0.15, -0.1) is 11.3 Å². The maximum Gasteiger partial charge on any atom is 0.416 e. The lowest BCUT2D eigenvalue weighted by Gasteiger charge is -2.17. The predicted molar refractivity (Wildman–Crippen MR) is 97.3 cm³/mol. The summed E-state index contributed by atoms with van der Waals surface area (Å²) in [4.78, 5) is 41.5. The molecule has 0 radical (unpaired) electrons. The molecule has 1 atom stereocenters. The SMILES string of the molecule is Cc1nc(-c2ccc(C(F)(F)F)cc2)sc1C(=O)OC(C)C(=O)N1CCNC1=O. The molecule has 0 bridgehead atoms. The highest BCUT2D eigenvalue weighted by molar-refractivity contribution is 7.17. The molecular weight excluding hydrogens is 411 g/mol. The van der Waals surface area contributed by atoms with Gasteiger partial charge in [-0.3, -0.25) is 9.69 Å². The highest BCUT2D eigenvalue weighted by Gasteiger charge is 2.33. The smallest absolute Gasteiger partial charge is 0.416 e. The molecular formula is C18H16F3N3O4S. The van der Waals surface area contributed by atoms with Gasteiger partial charge in [0.25, 0.3) is 5.91 Å². The maximum absolute atomic E-state index is 12.7. The number of urea groups is 1. The zero-order valence-corrected chi connectivity index (χ0v) is 16.2. The van der Waals surface area contributed by atoms with Gasteiger partial charge in [-0.25, -0.2) is 14.6 Å². The van der Waals surface area contributed by atoms with Gasteiger partial charge in [-0.05, 0) is 26.0 Å². The number of ether oxygens (including phenoxy) is 1. The first-order valence-corrected chi connectivity index (χ1v) is 9.35. The van der Waals surface area contributed by atoms with Gasteiger partial charge in [0.05, 0.1) is 11.3 Å². The lowest BCUT2D eigenvalue weighted by Crippen LogP contribution is -2.41. The molecule has 29 heavy (non-hydrogen) atoms. The van der Waals surface area contributed by atoms with Gasteiger partial charge in [0.15, 0.2) is 6.10 Å². The molecule has 2 heterocycles. The molecule has 1 aromatic carbocycles. The van der Waals surface area contributed by atoms with Crippen LogP contribution in [0.5, 0.6) is 0 Å². The van der Waals surface area contributed by atoms with Crippen LogP contribution in [-0.2, 0) is 15.7 Å². The molecule has 0 aliphatic carbocycles. The van der Waals surface area contributed by atoms with E-state index in [0.29, 0.717) is 22.8 Å². The van der Waals surface area contributed by atoms with E-state index in [4.69, 9.17) is 4.74 Å². The van der Waals surface area contributed by atoms with Crippen molar-refractivity contribution in [3.63, 3.8) is 0 Å². The Morgan fingerprint density at radius 2 is 1.93 bits per heavy atom. The summed E-state index contributed by atoms with van der Waals surface area (Å²) in [5, 5.41) is 2.83. The van der Waals surface area contributed by atoms with Crippen molar-refractivity contribution in [2.75, 3.05) is 13.1 Å². The summed E-state index contributed by atoms with van der Waals surface area (Å²) in [6, 6.07) is 3.87. The fraction of sp³-hybridized carbons (Fsp3) is 0.333. The first-order valence-electron chi connectivity index (χ1n) is 8.53. The number of alkyl halides is 3. The van der Waals surface area contributed by atoms with Gasteiger partial charge in [-0.2, -0.15) is 13.2 Å². The van der Waals surface area contributed by atoms with Crippen LogP contribution in [0.15, 0.2) is 24.3 Å². The van der Waals surface area contributed by atoms with Crippen LogP contribution in [0.4, 0.5) is 18.0 Å². The number of hydrogen-bond donors (Lipinski definition) is 1. The third-order valence-electron chi connectivity index (χ3n) is 4.20. The average Bonchev–Trinajstić information content (AvgIpc) is 3.26. The number of nitrogens with one attached hydrogen (secondary N) is 1. The second kappa shape index (κ2) is 7.82. The number of hydrogen-bond acceptors (Lipinski definition) is 6. The highest BCUT2D eigenvalue weighted by Crippen LogP contribution is 2.33. The van der Waals surface area contributed by atoms with Crippen molar-refractivity contribution in [3.8, 4) is 10.6 Å². The van der Waals surface area contributed by atoms with Crippen LogP contribution >= 0.6 is 11.3 Å². The molecule has 1 aliphatic rings. The van der Waals surface area contributed by atoms with Crippen LogP contribution in [0.3, 0.4) is 0 Å². The molecule has 11 heteroatoms. The number of esters is 1.